The maximum absolute atomic E-state index is 11.2. The highest BCUT2D eigenvalue weighted by Gasteiger charge is 2.65. The van der Waals surface area contributed by atoms with Crippen LogP contribution in [0.3, 0.4) is 0 Å². The van der Waals surface area contributed by atoms with Crippen LogP contribution in [0.15, 0.2) is 11.6 Å². The van der Waals surface area contributed by atoms with Gasteiger partial charge in [0.05, 0.1) is 0 Å². The lowest BCUT2D eigenvalue weighted by molar-refractivity contribution is -0.192. The van der Waals surface area contributed by atoms with Crippen molar-refractivity contribution in [1.29, 1.82) is 0 Å². The lowest BCUT2D eigenvalue weighted by atomic mass is 9.75. The van der Waals surface area contributed by atoms with Crippen molar-refractivity contribution < 1.29 is 14.3 Å². The van der Waals surface area contributed by atoms with Crippen LogP contribution in [0.2, 0.25) is 0 Å². The van der Waals surface area contributed by atoms with Gasteiger partial charge in [-0.05, 0) is 30.8 Å². The van der Waals surface area contributed by atoms with Crippen molar-refractivity contribution in [2.45, 2.75) is 19.3 Å². The quantitative estimate of drug-likeness (QED) is 0.302. The summed E-state index contributed by atoms with van der Waals surface area (Å²) in [5.41, 5.74) is 0.233. The summed E-state index contributed by atoms with van der Waals surface area (Å²) < 4.78 is 4.41. The second-order valence-corrected chi connectivity index (χ2v) is 3.82. The highest BCUT2D eigenvalue weighted by Crippen LogP contribution is 2.57. The first-order chi connectivity index (χ1) is 5.73. The molecule has 1 unspecified atom stereocenters. The van der Waals surface area contributed by atoms with Crippen LogP contribution in [-0.4, -0.2) is 11.9 Å². The fourth-order valence-electron chi connectivity index (χ4n) is 2.58. The van der Waals surface area contributed by atoms with Crippen molar-refractivity contribution >= 4 is 11.9 Å². The van der Waals surface area contributed by atoms with E-state index in [0.717, 1.165) is 18.4 Å². The van der Waals surface area contributed by atoms with Crippen LogP contribution in [0.25, 0.3) is 0 Å². The van der Waals surface area contributed by atoms with Gasteiger partial charge in [-0.2, -0.15) is 0 Å². The Labute approximate surface area is 69.4 Å². The minimum absolute atomic E-state index is 0.319. The third kappa shape index (κ3) is 0.453. The molecule has 3 heteroatoms. The van der Waals surface area contributed by atoms with E-state index in [2.05, 4.69) is 4.74 Å². The summed E-state index contributed by atoms with van der Waals surface area (Å²) in [4.78, 5) is 22.3. The van der Waals surface area contributed by atoms with Crippen molar-refractivity contribution in [3.05, 3.63) is 11.6 Å². The molecule has 1 saturated heterocycles. The number of fused-ring (bicyclic) bond motifs is 3. The van der Waals surface area contributed by atoms with Crippen molar-refractivity contribution in [2.24, 2.45) is 11.3 Å². The number of carbonyl (C=O) groups excluding carboxylic acids is 2. The average molecular weight is 164 g/mol. The Morgan fingerprint density at radius 3 is 2.50 bits per heavy atom. The van der Waals surface area contributed by atoms with Crippen LogP contribution in [-0.2, 0) is 14.3 Å². The third-order valence-corrected chi connectivity index (χ3v) is 3.23. The number of carbonyl (C=O) groups is 2. The zero-order chi connectivity index (χ0) is 8.34. The Kier molecular flexibility index (Phi) is 0.868. The number of esters is 2. The molecule has 3 rings (SSSR count). The van der Waals surface area contributed by atoms with Gasteiger partial charge in [0.15, 0.2) is 5.41 Å². The number of allylic oxidation sites excluding steroid dienone is 1. The molecule has 1 saturated carbocycles. The molecule has 0 amide bonds. The number of cyclic esters (lactones) is 2. The van der Waals surface area contributed by atoms with Crippen molar-refractivity contribution in [2.75, 3.05) is 0 Å². The molecule has 1 spiro atoms. The standard InChI is InChI=1S/C9H8O3/c10-7-9(8(11)12-7)4-5-1-2-6(9)3-5/h2,5H,1,3-4H2. The lowest BCUT2D eigenvalue weighted by Gasteiger charge is -2.35. The van der Waals surface area contributed by atoms with Gasteiger partial charge in [-0.15, -0.1) is 0 Å². The Morgan fingerprint density at radius 1 is 1.42 bits per heavy atom. The second kappa shape index (κ2) is 1.63. The fraction of sp³-hybridized carbons (Fsp3) is 0.556. The molecule has 2 fully saturated rings. The SMILES string of the molecule is O=C1OC(=O)C12CC1CC=C2C1. The van der Waals surface area contributed by atoms with Crippen LogP contribution in [0.1, 0.15) is 19.3 Å². The van der Waals surface area contributed by atoms with Gasteiger partial charge >= 0.3 is 11.9 Å². The molecule has 0 radical (unpaired) electrons. The number of hydrogen-bond acceptors (Lipinski definition) is 3. The molecule has 62 valence electrons. The Morgan fingerprint density at radius 2 is 2.17 bits per heavy atom. The summed E-state index contributed by atoms with van der Waals surface area (Å²) in [6.07, 6.45) is 4.71. The molecule has 3 aliphatic rings. The van der Waals surface area contributed by atoms with Gasteiger partial charge in [-0.1, -0.05) is 6.08 Å². The van der Waals surface area contributed by atoms with Gasteiger partial charge in [0.1, 0.15) is 0 Å². The molecule has 1 atom stereocenters. The first kappa shape index (κ1) is 6.40. The van der Waals surface area contributed by atoms with Gasteiger partial charge in [-0.3, -0.25) is 0 Å². The number of rotatable bonds is 0. The maximum Gasteiger partial charge on any atom is 0.335 e. The summed E-state index contributed by atoms with van der Waals surface area (Å²) in [7, 11) is 0. The van der Waals surface area contributed by atoms with E-state index in [1.165, 1.54) is 0 Å². The van der Waals surface area contributed by atoms with Gasteiger partial charge in [0.25, 0.3) is 0 Å². The molecule has 2 aliphatic carbocycles. The van der Waals surface area contributed by atoms with E-state index >= 15 is 0 Å². The Balaban J connectivity index is 2.12. The minimum atomic E-state index is -0.789. The molecule has 0 aromatic heterocycles. The number of hydrogen-bond donors (Lipinski definition) is 0. The van der Waals surface area contributed by atoms with Crippen LogP contribution in [0.4, 0.5) is 0 Å². The maximum atomic E-state index is 11.2. The lowest BCUT2D eigenvalue weighted by Crippen LogP contribution is -2.53. The highest BCUT2D eigenvalue weighted by molar-refractivity contribution is 6.17. The molecular formula is C9H8O3. The zero-order valence-electron chi connectivity index (χ0n) is 6.50. The smallest absolute Gasteiger partial charge is 0.335 e. The monoisotopic (exact) mass is 164 g/mol. The normalized spacial score (nSPS) is 35.0. The molecule has 0 aromatic carbocycles. The Hall–Kier alpha value is -1.12. The van der Waals surface area contributed by atoms with Crippen molar-refractivity contribution in [3.63, 3.8) is 0 Å². The molecule has 1 heterocycles. The zero-order valence-corrected chi connectivity index (χ0v) is 6.50. The first-order valence-corrected chi connectivity index (χ1v) is 4.20. The summed E-state index contributed by atoms with van der Waals surface area (Å²) in [6.45, 7) is 0. The first-order valence-electron chi connectivity index (χ1n) is 4.20. The van der Waals surface area contributed by atoms with Crippen molar-refractivity contribution in [1.82, 2.24) is 0 Å². The molecule has 3 nitrogen and oxygen atoms in total. The van der Waals surface area contributed by atoms with Gasteiger partial charge in [0.2, 0.25) is 0 Å². The van der Waals surface area contributed by atoms with Gasteiger partial charge < -0.3 is 4.74 Å². The fourth-order valence-corrected chi connectivity index (χ4v) is 2.58. The van der Waals surface area contributed by atoms with Crippen molar-refractivity contribution in [3.8, 4) is 0 Å². The van der Waals surface area contributed by atoms with E-state index in [4.69, 9.17) is 0 Å². The third-order valence-electron chi connectivity index (χ3n) is 3.23. The highest BCUT2D eigenvalue weighted by atomic mass is 16.6. The van der Waals surface area contributed by atoms with Crippen LogP contribution < -0.4 is 0 Å². The largest absolute Gasteiger partial charge is 0.391 e. The van der Waals surface area contributed by atoms with Gasteiger partial charge in [0, 0.05) is 0 Å². The summed E-state index contributed by atoms with van der Waals surface area (Å²) >= 11 is 0. The van der Waals surface area contributed by atoms with E-state index in [9.17, 15) is 9.59 Å². The predicted molar refractivity (Wildman–Crippen MR) is 39.0 cm³/mol. The van der Waals surface area contributed by atoms with E-state index in [1.807, 2.05) is 6.08 Å². The van der Waals surface area contributed by atoms with E-state index < -0.39 is 5.41 Å². The predicted octanol–water partition coefficient (Wildman–Crippen LogP) is 0.796. The molecule has 0 aromatic rings. The summed E-state index contributed by atoms with van der Waals surface area (Å²) in [5.74, 6) is -0.112. The minimum Gasteiger partial charge on any atom is -0.391 e. The molecule has 2 bridgehead atoms. The van der Waals surface area contributed by atoms with Gasteiger partial charge in [-0.25, -0.2) is 9.59 Å². The average Bonchev–Trinajstić information content (AvgIpc) is 2.63. The topological polar surface area (TPSA) is 43.4 Å². The molecule has 0 N–H and O–H groups in total. The second-order valence-electron chi connectivity index (χ2n) is 3.82. The van der Waals surface area contributed by atoms with E-state index in [1.54, 1.807) is 0 Å². The van der Waals surface area contributed by atoms with E-state index in [0.29, 0.717) is 12.3 Å². The summed E-state index contributed by atoms with van der Waals surface area (Å²) in [5, 5.41) is 0. The van der Waals surface area contributed by atoms with Crippen LogP contribution in [0.5, 0.6) is 0 Å². The molecule has 1 aliphatic heterocycles. The molecular weight excluding hydrogens is 156 g/mol. The molecule has 12 heavy (non-hydrogen) atoms. The Bertz CT molecular complexity index is 313. The van der Waals surface area contributed by atoms with Crippen LogP contribution >= 0.6 is 0 Å². The summed E-state index contributed by atoms with van der Waals surface area (Å²) in [6, 6.07) is 0. The van der Waals surface area contributed by atoms with Crippen LogP contribution in [0, 0.1) is 11.3 Å². The van der Waals surface area contributed by atoms with E-state index in [-0.39, 0.29) is 11.9 Å². The number of ether oxygens (including phenoxy) is 1.